The van der Waals surface area contributed by atoms with Crippen molar-refractivity contribution in [2.75, 3.05) is 0 Å². The van der Waals surface area contributed by atoms with Gasteiger partial charge in [0.15, 0.2) is 0 Å². The van der Waals surface area contributed by atoms with Crippen LogP contribution in [0.5, 0.6) is 0 Å². The SMILES string of the molecule is O=C1CC[C@@H](N(Cc2ccccc2)C(=O)O)C(=O)O1. The molecule has 0 unspecified atom stereocenters. The van der Waals surface area contributed by atoms with Crippen LogP contribution in [0.4, 0.5) is 4.79 Å². The van der Waals surface area contributed by atoms with Gasteiger partial charge in [-0.2, -0.15) is 0 Å². The Hall–Kier alpha value is -2.37. The highest BCUT2D eigenvalue weighted by Crippen LogP contribution is 2.18. The number of hydrogen-bond acceptors (Lipinski definition) is 4. The first-order chi connectivity index (χ1) is 9.08. The van der Waals surface area contributed by atoms with Crippen LogP contribution in [0.3, 0.4) is 0 Å². The van der Waals surface area contributed by atoms with Crippen LogP contribution in [0.15, 0.2) is 30.3 Å². The van der Waals surface area contributed by atoms with E-state index >= 15 is 0 Å². The number of hydrogen-bond donors (Lipinski definition) is 1. The van der Waals surface area contributed by atoms with E-state index in [0.29, 0.717) is 0 Å². The topological polar surface area (TPSA) is 83.9 Å². The summed E-state index contributed by atoms with van der Waals surface area (Å²) in [5.74, 6) is -1.40. The predicted molar refractivity (Wildman–Crippen MR) is 64.1 cm³/mol. The summed E-state index contributed by atoms with van der Waals surface area (Å²) in [6.07, 6.45) is -0.994. The number of cyclic esters (lactones) is 2. The third kappa shape index (κ3) is 3.09. The number of carboxylic acid groups (broad SMARTS) is 1. The molecule has 0 bridgehead atoms. The lowest BCUT2D eigenvalue weighted by Gasteiger charge is -2.29. The Morgan fingerprint density at radius 1 is 1.32 bits per heavy atom. The first-order valence-electron chi connectivity index (χ1n) is 5.86. The Morgan fingerprint density at radius 3 is 2.58 bits per heavy atom. The van der Waals surface area contributed by atoms with Gasteiger partial charge in [0.25, 0.3) is 0 Å². The highest BCUT2D eigenvalue weighted by atomic mass is 16.6. The number of carbonyl (C=O) groups excluding carboxylic acids is 2. The van der Waals surface area contributed by atoms with Gasteiger partial charge >= 0.3 is 18.0 Å². The molecule has 1 amide bonds. The van der Waals surface area contributed by atoms with Gasteiger partial charge in [-0.25, -0.2) is 9.59 Å². The van der Waals surface area contributed by atoms with E-state index in [2.05, 4.69) is 4.74 Å². The number of carbonyl (C=O) groups is 3. The molecule has 0 aromatic heterocycles. The van der Waals surface area contributed by atoms with Gasteiger partial charge in [0.05, 0.1) is 0 Å². The fourth-order valence-corrected chi connectivity index (χ4v) is 1.98. The number of nitrogens with zero attached hydrogens (tertiary/aromatic N) is 1. The van der Waals surface area contributed by atoms with Crippen molar-refractivity contribution in [1.29, 1.82) is 0 Å². The van der Waals surface area contributed by atoms with Crippen LogP contribution in [0.25, 0.3) is 0 Å². The minimum absolute atomic E-state index is 0.0506. The fourth-order valence-electron chi connectivity index (χ4n) is 1.98. The largest absolute Gasteiger partial charge is 0.465 e. The molecule has 100 valence electrons. The summed E-state index contributed by atoms with van der Waals surface area (Å²) in [7, 11) is 0. The summed E-state index contributed by atoms with van der Waals surface area (Å²) < 4.78 is 4.48. The molecule has 1 aromatic rings. The van der Waals surface area contributed by atoms with Gasteiger partial charge in [0, 0.05) is 13.0 Å². The monoisotopic (exact) mass is 263 g/mol. The Morgan fingerprint density at radius 2 is 2.00 bits per heavy atom. The van der Waals surface area contributed by atoms with Crippen LogP contribution in [-0.2, 0) is 20.9 Å². The van der Waals surface area contributed by atoms with E-state index in [1.807, 2.05) is 6.07 Å². The Balaban J connectivity index is 2.14. The van der Waals surface area contributed by atoms with Crippen molar-refractivity contribution < 1.29 is 24.2 Å². The van der Waals surface area contributed by atoms with Gasteiger partial charge in [-0.1, -0.05) is 30.3 Å². The van der Waals surface area contributed by atoms with Gasteiger partial charge in [0.1, 0.15) is 6.04 Å². The molecule has 1 heterocycles. The predicted octanol–water partition coefficient (Wildman–Crippen LogP) is 1.40. The van der Waals surface area contributed by atoms with E-state index in [1.165, 1.54) is 0 Å². The number of amides is 1. The van der Waals surface area contributed by atoms with Crippen molar-refractivity contribution in [1.82, 2.24) is 4.90 Å². The molecule has 0 spiro atoms. The molecule has 0 radical (unpaired) electrons. The molecular formula is C13H13NO5. The molecule has 1 fully saturated rings. The lowest BCUT2D eigenvalue weighted by molar-refractivity contribution is -0.168. The number of esters is 2. The highest BCUT2D eigenvalue weighted by molar-refractivity contribution is 5.92. The fraction of sp³-hybridized carbons (Fsp3) is 0.308. The van der Waals surface area contributed by atoms with Crippen LogP contribution in [0, 0.1) is 0 Å². The maximum Gasteiger partial charge on any atom is 0.408 e. The van der Waals surface area contributed by atoms with Crippen molar-refractivity contribution in [2.45, 2.75) is 25.4 Å². The number of benzene rings is 1. The second-order valence-electron chi connectivity index (χ2n) is 4.24. The smallest absolute Gasteiger partial charge is 0.408 e. The lowest BCUT2D eigenvalue weighted by Crippen LogP contribution is -2.47. The maximum absolute atomic E-state index is 11.6. The molecule has 1 N–H and O–H groups in total. The van der Waals surface area contributed by atoms with E-state index < -0.39 is 24.1 Å². The zero-order chi connectivity index (χ0) is 13.8. The van der Waals surface area contributed by atoms with Gasteiger partial charge < -0.3 is 9.84 Å². The minimum atomic E-state index is -1.21. The van der Waals surface area contributed by atoms with Crippen LogP contribution < -0.4 is 0 Å². The summed E-state index contributed by atoms with van der Waals surface area (Å²) in [5.41, 5.74) is 0.773. The van der Waals surface area contributed by atoms with Gasteiger partial charge in [-0.05, 0) is 12.0 Å². The van der Waals surface area contributed by atoms with Crippen LogP contribution in [-0.4, -0.2) is 34.1 Å². The van der Waals surface area contributed by atoms with Crippen LogP contribution in [0.1, 0.15) is 18.4 Å². The van der Waals surface area contributed by atoms with Crippen LogP contribution >= 0.6 is 0 Å². The summed E-state index contributed by atoms with van der Waals surface area (Å²) in [5, 5.41) is 9.20. The molecule has 1 aromatic carbocycles. The number of rotatable bonds is 3. The lowest BCUT2D eigenvalue weighted by atomic mass is 10.1. The molecule has 1 atom stereocenters. The minimum Gasteiger partial charge on any atom is -0.465 e. The standard InChI is InChI=1S/C13H13NO5/c15-11-7-6-10(12(16)19-11)14(13(17)18)8-9-4-2-1-3-5-9/h1-5,10H,6-8H2,(H,17,18)/t10-/m1/s1. The van der Waals surface area contributed by atoms with Crippen LogP contribution in [0.2, 0.25) is 0 Å². The summed E-state index contributed by atoms with van der Waals surface area (Å²) in [6, 6.07) is 8.03. The molecule has 6 nitrogen and oxygen atoms in total. The van der Waals surface area contributed by atoms with Gasteiger partial charge in [-0.15, -0.1) is 0 Å². The van der Waals surface area contributed by atoms with Crippen molar-refractivity contribution in [3.05, 3.63) is 35.9 Å². The van der Waals surface area contributed by atoms with E-state index in [1.54, 1.807) is 24.3 Å². The summed E-state index contributed by atoms with van der Waals surface area (Å²) >= 11 is 0. The molecule has 1 aliphatic rings. The third-order valence-corrected chi connectivity index (χ3v) is 2.93. The summed E-state index contributed by atoms with van der Waals surface area (Å²) in [4.78, 5) is 34.8. The highest BCUT2D eigenvalue weighted by Gasteiger charge is 2.36. The van der Waals surface area contributed by atoms with Crippen molar-refractivity contribution >= 4 is 18.0 Å². The Labute approximate surface area is 109 Å². The molecule has 1 aliphatic heterocycles. The zero-order valence-electron chi connectivity index (χ0n) is 10.1. The zero-order valence-corrected chi connectivity index (χ0v) is 10.1. The molecular weight excluding hydrogens is 250 g/mol. The number of ether oxygens (including phenoxy) is 1. The average Bonchev–Trinajstić information content (AvgIpc) is 2.38. The first kappa shape index (κ1) is 13.1. The third-order valence-electron chi connectivity index (χ3n) is 2.93. The normalized spacial score (nSPS) is 18.8. The van der Waals surface area contributed by atoms with Gasteiger partial charge in [0.2, 0.25) is 0 Å². The van der Waals surface area contributed by atoms with Crippen molar-refractivity contribution in [2.24, 2.45) is 0 Å². The molecule has 19 heavy (non-hydrogen) atoms. The van der Waals surface area contributed by atoms with E-state index in [4.69, 9.17) is 0 Å². The Kier molecular flexibility index (Phi) is 3.79. The quantitative estimate of drug-likeness (QED) is 0.658. The second kappa shape index (κ2) is 5.51. The molecule has 0 aliphatic carbocycles. The second-order valence-corrected chi connectivity index (χ2v) is 4.24. The summed E-state index contributed by atoms with van der Waals surface area (Å²) in [6.45, 7) is 0.0874. The maximum atomic E-state index is 11.6. The Bertz CT molecular complexity index is 499. The van der Waals surface area contributed by atoms with Crippen molar-refractivity contribution in [3.8, 4) is 0 Å². The van der Waals surface area contributed by atoms with E-state index in [-0.39, 0.29) is 19.4 Å². The van der Waals surface area contributed by atoms with Gasteiger partial charge in [-0.3, -0.25) is 9.69 Å². The molecule has 0 saturated carbocycles. The molecule has 1 saturated heterocycles. The van der Waals surface area contributed by atoms with E-state index in [9.17, 15) is 19.5 Å². The van der Waals surface area contributed by atoms with E-state index in [0.717, 1.165) is 10.5 Å². The first-order valence-corrected chi connectivity index (χ1v) is 5.86. The molecule has 2 rings (SSSR count). The molecule has 6 heteroatoms. The average molecular weight is 263 g/mol. The van der Waals surface area contributed by atoms with Crippen molar-refractivity contribution in [3.63, 3.8) is 0 Å².